The van der Waals surface area contributed by atoms with Crippen LogP contribution in [0.2, 0.25) is 0 Å². The van der Waals surface area contributed by atoms with Gasteiger partial charge in [-0.15, -0.1) is 0 Å². The average Bonchev–Trinajstić information content (AvgIpc) is 4.20. The Morgan fingerprint density at radius 1 is 0.208 bits per heavy atom. The van der Waals surface area contributed by atoms with Gasteiger partial charge in [-0.2, -0.15) is 0 Å². The maximum atomic E-state index is 6.63. The van der Waals surface area contributed by atoms with E-state index >= 15 is 0 Å². The van der Waals surface area contributed by atoms with E-state index in [1.165, 1.54) is 72.3 Å². The van der Waals surface area contributed by atoms with Crippen molar-refractivity contribution in [1.29, 1.82) is 0 Å². The van der Waals surface area contributed by atoms with Crippen LogP contribution in [0.1, 0.15) is 44.5 Å². The van der Waals surface area contributed by atoms with E-state index in [1.807, 2.05) is 0 Å². The summed E-state index contributed by atoms with van der Waals surface area (Å²) in [4.78, 5) is 2.42. The van der Waals surface area contributed by atoms with Crippen molar-refractivity contribution in [3.05, 3.63) is 330 Å². The Morgan fingerprint density at radius 3 is 0.909 bits per heavy atom. The summed E-state index contributed by atoms with van der Waals surface area (Å²) < 4.78 is 13.3. The van der Waals surface area contributed by atoms with E-state index in [4.69, 9.17) is 9.47 Å². The lowest BCUT2D eigenvalue weighted by molar-refractivity contribution is 0.436. The van der Waals surface area contributed by atoms with Gasteiger partial charge in [0.15, 0.2) is 0 Å². The number of para-hydroxylation sites is 4. The van der Waals surface area contributed by atoms with Gasteiger partial charge in [0.2, 0.25) is 0 Å². The molecule has 0 radical (unpaired) electrons. The van der Waals surface area contributed by atoms with Gasteiger partial charge >= 0.3 is 0 Å². The smallest absolute Gasteiger partial charge is 0.132 e. The van der Waals surface area contributed by atoms with Crippen molar-refractivity contribution in [2.45, 2.75) is 10.8 Å². The standard InChI is InChI=1S/C74H47NO2/c1-2-19-48(20-3-1)49-21-16-24-54(43-49)75(55-25-17-22-50(44-55)52-39-41-63-59(46-52)57-27-4-6-29-61(57)73(63)65-31-8-12-35-69(65)76-70-36-13-9-32-66(70)73)56-26-18-23-51(45-56)53-40-42-64-60(47-53)58-28-5-7-30-62(58)74(64)67-33-10-14-37-71(67)77-72-38-15-11-34-68(72)74/h1-47H. The third kappa shape index (κ3) is 6.26. The summed E-state index contributed by atoms with van der Waals surface area (Å²) >= 11 is 0. The number of anilines is 3. The van der Waals surface area contributed by atoms with Crippen LogP contribution in [-0.2, 0) is 10.8 Å². The van der Waals surface area contributed by atoms with E-state index in [0.29, 0.717) is 0 Å². The van der Waals surface area contributed by atoms with Crippen LogP contribution in [-0.4, -0.2) is 0 Å². The zero-order valence-electron chi connectivity index (χ0n) is 41.9. The average molecular weight is 982 g/mol. The topological polar surface area (TPSA) is 21.7 Å². The predicted octanol–water partition coefficient (Wildman–Crippen LogP) is 19.1. The zero-order chi connectivity index (χ0) is 50.7. The van der Waals surface area contributed by atoms with Gasteiger partial charge in [-0.3, -0.25) is 0 Å². The van der Waals surface area contributed by atoms with Crippen LogP contribution in [0.15, 0.2) is 285 Å². The van der Waals surface area contributed by atoms with E-state index in [2.05, 4.69) is 290 Å². The minimum absolute atomic E-state index is 0.519. The fourth-order valence-corrected chi connectivity index (χ4v) is 13.6. The van der Waals surface area contributed by atoms with Crippen LogP contribution in [0, 0.1) is 0 Å². The number of ether oxygens (including phenoxy) is 2. The summed E-state index contributed by atoms with van der Waals surface area (Å²) in [6.45, 7) is 0. The second kappa shape index (κ2) is 16.8. The minimum atomic E-state index is -0.519. The van der Waals surface area contributed by atoms with E-state index in [-0.39, 0.29) is 0 Å². The third-order valence-corrected chi connectivity index (χ3v) is 16.8. The Kier molecular flexibility index (Phi) is 9.47. The Bertz CT molecular complexity index is 4050. The lowest BCUT2D eigenvalue weighted by Gasteiger charge is -2.39. The molecular formula is C74H47NO2. The number of hydrogen-bond donors (Lipinski definition) is 0. The molecule has 0 unspecified atom stereocenters. The SMILES string of the molecule is c1ccc(-c2cccc(N(c3cccc(-c4ccc5c(c4)-c4ccccc4C54c5ccccc5Oc5ccccc54)c3)c3cccc(-c4ccc5c(c4)-c4ccccc4C54c5ccccc5Oc5ccccc54)c3)c2)cc1. The highest BCUT2D eigenvalue weighted by molar-refractivity contribution is 5.94. The predicted molar refractivity (Wildman–Crippen MR) is 312 cm³/mol. The minimum Gasteiger partial charge on any atom is -0.457 e. The number of rotatable bonds is 6. The summed E-state index contributed by atoms with van der Waals surface area (Å²) in [7, 11) is 0. The molecule has 3 nitrogen and oxygen atoms in total. The van der Waals surface area contributed by atoms with E-state index in [9.17, 15) is 0 Å². The summed E-state index contributed by atoms with van der Waals surface area (Å²) in [6.07, 6.45) is 0. The van der Waals surface area contributed by atoms with Gasteiger partial charge < -0.3 is 14.4 Å². The molecule has 0 atom stereocenters. The first-order valence-electron chi connectivity index (χ1n) is 26.6. The zero-order valence-corrected chi connectivity index (χ0v) is 41.9. The number of nitrogens with zero attached hydrogens (tertiary/aromatic N) is 1. The van der Waals surface area contributed by atoms with Crippen molar-refractivity contribution >= 4 is 17.1 Å². The van der Waals surface area contributed by atoms with Crippen LogP contribution in [0.4, 0.5) is 17.1 Å². The molecule has 0 N–H and O–H groups in total. The van der Waals surface area contributed by atoms with Gasteiger partial charge in [-0.05, 0) is 151 Å². The maximum Gasteiger partial charge on any atom is 0.132 e. The molecule has 0 saturated carbocycles. The lowest BCUT2D eigenvalue weighted by atomic mass is 9.66. The molecule has 0 fully saturated rings. The van der Waals surface area contributed by atoms with Crippen molar-refractivity contribution in [2.75, 3.05) is 4.90 Å². The van der Waals surface area contributed by atoms with Crippen molar-refractivity contribution in [2.24, 2.45) is 0 Å². The maximum absolute atomic E-state index is 6.63. The molecule has 12 aromatic rings. The molecule has 360 valence electrons. The molecule has 12 aromatic carbocycles. The van der Waals surface area contributed by atoms with Crippen LogP contribution in [0.5, 0.6) is 23.0 Å². The molecule has 77 heavy (non-hydrogen) atoms. The third-order valence-electron chi connectivity index (χ3n) is 16.8. The molecule has 2 spiro atoms. The van der Waals surface area contributed by atoms with E-state index in [0.717, 1.165) is 67.9 Å². The van der Waals surface area contributed by atoms with Gasteiger partial charge in [0.1, 0.15) is 23.0 Å². The quantitative estimate of drug-likeness (QED) is 0.166. The van der Waals surface area contributed by atoms with Gasteiger partial charge in [0.25, 0.3) is 0 Å². The van der Waals surface area contributed by atoms with Crippen molar-refractivity contribution in [3.63, 3.8) is 0 Å². The first-order chi connectivity index (χ1) is 38.2. The number of benzene rings is 12. The second-order valence-corrected chi connectivity index (χ2v) is 20.7. The van der Waals surface area contributed by atoms with Gasteiger partial charge in [0, 0.05) is 39.3 Å². The van der Waals surface area contributed by atoms with Gasteiger partial charge in [0.05, 0.1) is 10.8 Å². The van der Waals surface area contributed by atoms with Gasteiger partial charge in [-0.25, -0.2) is 0 Å². The van der Waals surface area contributed by atoms with E-state index < -0.39 is 10.8 Å². The molecule has 0 aromatic heterocycles. The molecule has 2 aliphatic heterocycles. The Morgan fingerprint density at radius 2 is 0.506 bits per heavy atom. The van der Waals surface area contributed by atoms with Gasteiger partial charge in [-0.1, -0.05) is 212 Å². The molecule has 16 rings (SSSR count). The molecule has 0 bridgehead atoms. The van der Waals surface area contributed by atoms with Crippen molar-refractivity contribution in [1.82, 2.24) is 0 Å². The first kappa shape index (κ1) is 43.4. The summed E-state index contributed by atoms with van der Waals surface area (Å²) in [5.74, 6) is 3.59. The van der Waals surface area contributed by atoms with Crippen LogP contribution in [0.25, 0.3) is 55.6 Å². The molecular weight excluding hydrogens is 935 g/mol. The number of hydrogen-bond acceptors (Lipinski definition) is 3. The van der Waals surface area contributed by atoms with Crippen LogP contribution in [0.3, 0.4) is 0 Å². The fraction of sp³-hybridized carbons (Fsp3) is 0.0270. The highest BCUT2D eigenvalue weighted by atomic mass is 16.5. The van der Waals surface area contributed by atoms with Crippen LogP contribution < -0.4 is 14.4 Å². The molecule has 4 aliphatic rings. The highest BCUT2D eigenvalue weighted by Gasteiger charge is 2.52. The number of fused-ring (bicyclic) bond motifs is 18. The Balaban J connectivity index is 0.839. The first-order valence-corrected chi connectivity index (χ1v) is 26.6. The Labute approximate surface area is 448 Å². The monoisotopic (exact) mass is 981 g/mol. The summed E-state index contributed by atoms with van der Waals surface area (Å²) in [5.41, 5.74) is 23.8. The summed E-state index contributed by atoms with van der Waals surface area (Å²) in [6, 6.07) is 104. The van der Waals surface area contributed by atoms with Crippen LogP contribution >= 0.6 is 0 Å². The largest absolute Gasteiger partial charge is 0.457 e. The van der Waals surface area contributed by atoms with E-state index in [1.54, 1.807) is 0 Å². The van der Waals surface area contributed by atoms with Crippen molar-refractivity contribution in [3.8, 4) is 78.6 Å². The second-order valence-electron chi connectivity index (χ2n) is 20.7. The highest BCUT2D eigenvalue weighted by Crippen LogP contribution is 2.64. The molecule has 0 amide bonds. The van der Waals surface area contributed by atoms with Crippen molar-refractivity contribution < 1.29 is 9.47 Å². The molecule has 0 saturated heterocycles. The molecule has 2 heterocycles. The fourth-order valence-electron chi connectivity index (χ4n) is 13.6. The Hall–Kier alpha value is -9.96. The molecule has 3 heteroatoms. The lowest BCUT2D eigenvalue weighted by Crippen LogP contribution is -2.32. The normalized spacial score (nSPS) is 13.9. The molecule has 2 aliphatic carbocycles. The summed E-state index contributed by atoms with van der Waals surface area (Å²) in [5, 5.41) is 0.